The largest absolute Gasteiger partial charge is 0.478 e. The fourth-order valence-corrected chi connectivity index (χ4v) is 4.89. The molecule has 164 valence electrons. The van der Waals surface area contributed by atoms with Gasteiger partial charge in [0.2, 0.25) is 10.0 Å². The molecule has 2 aromatic rings. The lowest BCUT2D eigenvalue weighted by Gasteiger charge is -2.35. The maximum atomic E-state index is 13.1. The molecular formula is C22H25N3O5S. The monoisotopic (exact) mass is 443 g/mol. The van der Waals surface area contributed by atoms with Gasteiger partial charge in [0.05, 0.1) is 16.1 Å². The number of aliphatic carboxylic acids is 1. The zero-order valence-electron chi connectivity index (χ0n) is 17.7. The molecule has 31 heavy (non-hydrogen) atoms. The minimum Gasteiger partial charge on any atom is -0.478 e. The Hall–Kier alpha value is -3.09. The standard InChI is InChI=1S/C22H25N3O5S/c1-16-14-18(8-9-20(16)30-22(2,3)21(26)27)31(28,29)25-12-10-24(11-13-25)19-7-5-4-6-17(19)15-23/h4-9,14H,10-13H2,1-3H3,(H,26,27). The molecule has 1 saturated heterocycles. The number of nitrogens with zero attached hydrogens (tertiary/aromatic N) is 3. The summed E-state index contributed by atoms with van der Waals surface area (Å²) in [7, 11) is -3.71. The van der Waals surface area contributed by atoms with Gasteiger partial charge in [0.1, 0.15) is 11.8 Å². The van der Waals surface area contributed by atoms with Crippen molar-refractivity contribution >= 4 is 21.7 Å². The van der Waals surface area contributed by atoms with E-state index in [-0.39, 0.29) is 4.90 Å². The molecule has 0 spiro atoms. The van der Waals surface area contributed by atoms with Gasteiger partial charge in [0, 0.05) is 26.2 Å². The highest BCUT2D eigenvalue weighted by molar-refractivity contribution is 7.89. The van der Waals surface area contributed by atoms with Crippen LogP contribution in [0.25, 0.3) is 0 Å². The summed E-state index contributed by atoms with van der Waals surface area (Å²) < 4.78 is 33.2. The second kappa shape index (κ2) is 8.57. The second-order valence-electron chi connectivity index (χ2n) is 7.86. The molecule has 1 heterocycles. The molecule has 0 aliphatic carbocycles. The molecule has 0 aromatic heterocycles. The Morgan fingerprint density at radius 2 is 1.77 bits per heavy atom. The van der Waals surface area contributed by atoms with Gasteiger partial charge >= 0.3 is 5.97 Å². The van der Waals surface area contributed by atoms with E-state index >= 15 is 0 Å². The minimum absolute atomic E-state index is 0.136. The van der Waals surface area contributed by atoms with E-state index in [1.54, 1.807) is 19.1 Å². The predicted octanol–water partition coefficient (Wildman–Crippen LogP) is 2.62. The van der Waals surface area contributed by atoms with Crippen molar-refractivity contribution in [3.05, 3.63) is 53.6 Å². The van der Waals surface area contributed by atoms with E-state index in [1.807, 2.05) is 17.0 Å². The molecule has 1 aliphatic rings. The van der Waals surface area contributed by atoms with Crippen LogP contribution in [0.3, 0.4) is 0 Å². The lowest BCUT2D eigenvalue weighted by atomic mass is 10.1. The molecule has 1 N–H and O–H groups in total. The maximum Gasteiger partial charge on any atom is 0.347 e. The van der Waals surface area contributed by atoms with E-state index in [9.17, 15) is 23.6 Å². The van der Waals surface area contributed by atoms with Gasteiger partial charge in [0.15, 0.2) is 5.60 Å². The van der Waals surface area contributed by atoms with Crippen LogP contribution in [-0.2, 0) is 14.8 Å². The third kappa shape index (κ3) is 4.65. The van der Waals surface area contributed by atoms with Crippen molar-refractivity contribution in [2.24, 2.45) is 0 Å². The first-order valence-corrected chi connectivity index (χ1v) is 11.3. The van der Waals surface area contributed by atoms with Crippen LogP contribution in [0.5, 0.6) is 5.75 Å². The number of nitriles is 1. The van der Waals surface area contributed by atoms with Crippen molar-refractivity contribution in [2.75, 3.05) is 31.1 Å². The average molecular weight is 444 g/mol. The molecule has 8 nitrogen and oxygen atoms in total. The van der Waals surface area contributed by atoms with Crippen molar-refractivity contribution < 1.29 is 23.1 Å². The second-order valence-corrected chi connectivity index (χ2v) is 9.80. The zero-order valence-corrected chi connectivity index (χ0v) is 18.5. The highest BCUT2D eigenvalue weighted by Crippen LogP contribution is 2.28. The molecule has 0 saturated carbocycles. The van der Waals surface area contributed by atoms with Crippen molar-refractivity contribution in [3.63, 3.8) is 0 Å². The van der Waals surface area contributed by atoms with Gasteiger partial charge in [0.25, 0.3) is 0 Å². The summed E-state index contributed by atoms with van der Waals surface area (Å²) in [4.78, 5) is 13.4. The number of para-hydroxylation sites is 1. The molecule has 2 aromatic carbocycles. The summed E-state index contributed by atoms with van der Waals surface area (Å²) in [6, 6.07) is 13.9. The number of ether oxygens (including phenoxy) is 1. The number of hydrogen-bond acceptors (Lipinski definition) is 6. The van der Waals surface area contributed by atoms with E-state index in [1.165, 1.54) is 36.4 Å². The topological polar surface area (TPSA) is 111 Å². The van der Waals surface area contributed by atoms with Crippen LogP contribution in [0.4, 0.5) is 5.69 Å². The van der Waals surface area contributed by atoms with Crippen LogP contribution in [0.15, 0.2) is 47.4 Å². The lowest BCUT2D eigenvalue weighted by molar-refractivity contribution is -0.152. The molecule has 1 fully saturated rings. The third-order valence-electron chi connectivity index (χ3n) is 5.27. The first kappa shape index (κ1) is 22.6. The maximum absolute atomic E-state index is 13.1. The molecule has 0 bridgehead atoms. The number of carboxylic acid groups (broad SMARTS) is 1. The number of benzene rings is 2. The Morgan fingerprint density at radius 3 is 2.35 bits per heavy atom. The van der Waals surface area contributed by atoms with Gasteiger partial charge in [-0.1, -0.05) is 12.1 Å². The van der Waals surface area contributed by atoms with E-state index < -0.39 is 21.6 Å². The third-order valence-corrected chi connectivity index (χ3v) is 7.16. The van der Waals surface area contributed by atoms with Crippen LogP contribution in [0.1, 0.15) is 25.0 Å². The number of piperazine rings is 1. The van der Waals surface area contributed by atoms with Gasteiger partial charge in [-0.3, -0.25) is 0 Å². The Balaban J connectivity index is 1.75. The Morgan fingerprint density at radius 1 is 1.13 bits per heavy atom. The fourth-order valence-electron chi connectivity index (χ4n) is 3.38. The van der Waals surface area contributed by atoms with E-state index in [4.69, 9.17) is 4.74 Å². The number of rotatable bonds is 6. The van der Waals surface area contributed by atoms with E-state index in [0.29, 0.717) is 43.1 Å². The molecule has 0 unspecified atom stereocenters. The van der Waals surface area contributed by atoms with E-state index in [2.05, 4.69) is 6.07 Å². The smallest absolute Gasteiger partial charge is 0.347 e. The highest BCUT2D eigenvalue weighted by atomic mass is 32.2. The number of sulfonamides is 1. The summed E-state index contributed by atoms with van der Waals surface area (Å²) in [6.45, 7) is 6.10. The van der Waals surface area contributed by atoms with Crippen molar-refractivity contribution in [1.29, 1.82) is 5.26 Å². The van der Waals surface area contributed by atoms with Crippen LogP contribution < -0.4 is 9.64 Å². The normalized spacial score (nSPS) is 15.4. The highest BCUT2D eigenvalue weighted by Gasteiger charge is 2.32. The van der Waals surface area contributed by atoms with Gasteiger partial charge in [-0.15, -0.1) is 0 Å². The van der Waals surface area contributed by atoms with Gasteiger partial charge in [-0.25, -0.2) is 13.2 Å². The Bertz CT molecular complexity index is 1130. The van der Waals surface area contributed by atoms with E-state index in [0.717, 1.165) is 5.69 Å². The zero-order chi connectivity index (χ0) is 22.8. The molecule has 1 aliphatic heterocycles. The first-order chi connectivity index (χ1) is 14.6. The summed E-state index contributed by atoms with van der Waals surface area (Å²) in [6.07, 6.45) is 0. The number of carboxylic acids is 1. The molecule has 3 rings (SSSR count). The van der Waals surface area contributed by atoms with Crippen LogP contribution >= 0.6 is 0 Å². The molecule has 9 heteroatoms. The first-order valence-electron chi connectivity index (χ1n) is 9.83. The number of carbonyl (C=O) groups is 1. The fraction of sp³-hybridized carbons (Fsp3) is 0.364. The summed E-state index contributed by atoms with van der Waals surface area (Å²) >= 11 is 0. The van der Waals surface area contributed by atoms with Crippen LogP contribution in [-0.4, -0.2) is 55.6 Å². The Kier molecular flexibility index (Phi) is 6.25. The van der Waals surface area contributed by atoms with Crippen molar-refractivity contribution in [2.45, 2.75) is 31.3 Å². The molecule has 0 radical (unpaired) electrons. The summed E-state index contributed by atoms with van der Waals surface area (Å²) in [5.41, 5.74) is 0.480. The molecular weight excluding hydrogens is 418 g/mol. The molecule has 0 amide bonds. The quantitative estimate of drug-likeness (QED) is 0.730. The summed E-state index contributed by atoms with van der Waals surface area (Å²) in [5.74, 6) is -0.788. The van der Waals surface area contributed by atoms with Gasteiger partial charge in [-0.2, -0.15) is 9.57 Å². The lowest BCUT2D eigenvalue weighted by Crippen LogP contribution is -2.48. The number of anilines is 1. The Labute approximate surface area is 182 Å². The SMILES string of the molecule is Cc1cc(S(=O)(=O)N2CCN(c3ccccc3C#N)CC2)ccc1OC(C)(C)C(=O)O. The minimum atomic E-state index is -3.71. The predicted molar refractivity (Wildman–Crippen MR) is 116 cm³/mol. The average Bonchev–Trinajstić information content (AvgIpc) is 2.75. The summed E-state index contributed by atoms with van der Waals surface area (Å²) in [5, 5.41) is 18.5. The van der Waals surface area contributed by atoms with Gasteiger partial charge < -0.3 is 14.7 Å². The van der Waals surface area contributed by atoms with Crippen LogP contribution in [0, 0.1) is 18.3 Å². The van der Waals surface area contributed by atoms with Gasteiger partial charge in [-0.05, 0) is 56.7 Å². The number of aryl methyl sites for hydroxylation is 1. The van der Waals surface area contributed by atoms with Crippen LogP contribution in [0.2, 0.25) is 0 Å². The van der Waals surface area contributed by atoms with Crippen molar-refractivity contribution in [1.82, 2.24) is 4.31 Å². The number of hydrogen-bond donors (Lipinski definition) is 1. The van der Waals surface area contributed by atoms with Crippen molar-refractivity contribution in [3.8, 4) is 11.8 Å². The molecule has 0 atom stereocenters.